The highest BCUT2D eigenvalue weighted by Gasteiger charge is 2.45. The molecule has 0 spiro atoms. The highest BCUT2D eigenvalue weighted by atomic mass is 16.5. The van der Waals surface area contributed by atoms with E-state index in [9.17, 15) is 19.8 Å². The van der Waals surface area contributed by atoms with Crippen molar-refractivity contribution in [1.82, 2.24) is 0 Å². The molecule has 0 aliphatic heterocycles. The zero-order chi connectivity index (χ0) is 32.4. The third kappa shape index (κ3) is 7.58. The molecule has 0 bridgehead atoms. The van der Waals surface area contributed by atoms with Gasteiger partial charge in [-0.2, -0.15) is 0 Å². The molecule has 232 valence electrons. The van der Waals surface area contributed by atoms with Crippen molar-refractivity contribution in [3.8, 4) is 16.9 Å². The number of carbonyl (C=O) groups excluding carboxylic acids is 2. The Kier molecular flexibility index (Phi) is 11.1. The van der Waals surface area contributed by atoms with Crippen LogP contribution in [0.4, 0.5) is 0 Å². The van der Waals surface area contributed by atoms with E-state index in [0.29, 0.717) is 11.5 Å². The van der Waals surface area contributed by atoms with Gasteiger partial charge in [0, 0.05) is 6.08 Å². The fourth-order valence-electron chi connectivity index (χ4n) is 5.44. The van der Waals surface area contributed by atoms with E-state index in [1.165, 1.54) is 18.2 Å². The molecular formula is C38H38O7. The summed E-state index contributed by atoms with van der Waals surface area (Å²) in [7, 11) is 0. The third-order valence-corrected chi connectivity index (χ3v) is 7.59. The fraction of sp³-hybridized carbons (Fsp3) is 0.211. The number of hydrogen-bond donors (Lipinski definition) is 2. The van der Waals surface area contributed by atoms with Crippen LogP contribution in [0.15, 0.2) is 134 Å². The summed E-state index contributed by atoms with van der Waals surface area (Å²) >= 11 is 0. The molecule has 1 aliphatic rings. The maximum Gasteiger partial charge on any atom is 0.330 e. The Labute approximate surface area is 264 Å². The molecule has 0 amide bonds. The second-order valence-electron chi connectivity index (χ2n) is 10.6. The predicted octanol–water partition coefficient (Wildman–Crippen LogP) is 6.01. The standard InChI is InChI=1S/C38H38O7/c1-5-29(39)19-20-30(40)23-44-32-21-17-28(18-22-32)38(35-13-9-7-11-33(35)34-12-8-10-14-36(34)38)26(3)15-16-27(4)43-24-31(41)25-45-37(42)6-2/h5-22,30-31,40-41H,1-2,23-25H2,3-4H3/b20-19+,26-15+,27-16+. The van der Waals surface area contributed by atoms with Crippen molar-refractivity contribution < 1.29 is 34.0 Å². The van der Waals surface area contributed by atoms with Crippen molar-refractivity contribution in [2.45, 2.75) is 31.5 Å². The van der Waals surface area contributed by atoms with Crippen LogP contribution in [0, 0.1) is 0 Å². The molecule has 3 aromatic rings. The van der Waals surface area contributed by atoms with Crippen LogP contribution in [-0.4, -0.2) is 54.0 Å². The van der Waals surface area contributed by atoms with Gasteiger partial charge in [-0.15, -0.1) is 0 Å². The van der Waals surface area contributed by atoms with Gasteiger partial charge in [-0.25, -0.2) is 4.79 Å². The number of hydrogen-bond acceptors (Lipinski definition) is 7. The lowest BCUT2D eigenvalue weighted by Gasteiger charge is -2.34. The quantitative estimate of drug-likeness (QED) is 0.0946. The number of esters is 1. The maximum atomic E-state index is 11.4. The lowest BCUT2D eigenvalue weighted by atomic mass is 9.67. The number of rotatable bonds is 15. The first-order valence-electron chi connectivity index (χ1n) is 14.6. The van der Waals surface area contributed by atoms with Gasteiger partial charge in [-0.3, -0.25) is 4.79 Å². The smallest absolute Gasteiger partial charge is 0.330 e. The van der Waals surface area contributed by atoms with E-state index in [1.807, 2.05) is 60.7 Å². The molecule has 7 heteroatoms. The summed E-state index contributed by atoms with van der Waals surface area (Å²) in [6, 6.07) is 24.6. The van der Waals surface area contributed by atoms with Crippen molar-refractivity contribution in [3.63, 3.8) is 0 Å². The largest absolute Gasteiger partial charge is 0.495 e. The molecule has 2 N–H and O–H groups in total. The number of ketones is 1. The summed E-state index contributed by atoms with van der Waals surface area (Å²) in [4.78, 5) is 22.7. The Balaban J connectivity index is 1.65. The molecule has 45 heavy (non-hydrogen) atoms. The van der Waals surface area contributed by atoms with Gasteiger partial charge in [-0.1, -0.05) is 85.5 Å². The first-order valence-corrected chi connectivity index (χ1v) is 14.6. The highest BCUT2D eigenvalue weighted by molar-refractivity contribution is 5.98. The molecule has 0 fully saturated rings. The zero-order valence-corrected chi connectivity index (χ0v) is 25.5. The third-order valence-electron chi connectivity index (χ3n) is 7.59. The van der Waals surface area contributed by atoms with Crippen LogP contribution in [-0.2, 0) is 24.5 Å². The number of allylic oxidation sites excluding steroid dienone is 6. The van der Waals surface area contributed by atoms with E-state index >= 15 is 0 Å². The van der Waals surface area contributed by atoms with Crippen molar-refractivity contribution in [1.29, 1.82) is 0 Å². The summed E-state index contributed by atoms with van der Waals surface area (Å²) in [5.74, 6) is 0.280. The second-order valence-corrected chi connectivity index (χ2v) is 10.6. The van der Waals surface area contributed by atoms with Gasteiger partial charge in [0.15, 0.2) is 5.78 Å². The number of carbonyl (C=O) groups is 2. The van der Waals surface area contributed by atoms with Gasteiger partial charge in [-0.05, 0) is 78.1 Å². The van der Waals surface area contributed by atoms with E-state index in [4.69, 9.17) is 14.2 Å². The van der Waals surface area contributed by atoms with E-state index < -0.39 is 23.6 Å². The Bertz CT molecular complexity index is 1580. The SMILES string of the molecule is C=CC(=O)/C=C/C(O)COc1ccc(C2(/C(C)=C/C=C(\C)OCC(O)COC(=O)C=C)c3ccccc3-c3ccccc32)cc1. The fourth-order valence-corrected chi connectivity index (χ4v) is 5.44. The predicted molar refractivity (Wildman–Crippen MR) is 175 cm³/mol. The minimum Gasteiger partial charge on any atom is -0.495 e. The molecule has 0 radical (unpaired) electrons. The lowest BCUT2D eigenvalue weighted by molar-refractivity contribution is -0.141. The first-order chi connectivity index (χ1) is 21.7. The van der Waals surface area contributed by atoms with Crippen LogP contribution >= 0.6 is 0 Å². The molecule has 1 aliphatic carbocycles. The van der Waals surface area contributed by atoms with Gasteiger partial charge in [0.2, 0.25) is 0 Å². The molecule has 0 saturated heterocycles. The van der Waals surface area contributed by atoms with Crippen molar-refractivity contribution >= 4 is 11.8 Å². The number of aliphatic hydroxyl groups excluding tert-OH is 2. The highest BCUT2D eigenvalue weighted by Crippen LogP contribution is 2.56. The molecule has 3 aromatic carbocycles. The molecule has 7 nitrogen and oxygen atoms in total. The molecule has 0 aromatic heterocycles. The van der Waals surface area contributed by atoms with E-state index in [0.717, 1.165) is 39.5 Å². The van der Waals surface area contributed by atoms with Crippen LogP contribution in [0.1, 0.15) is 30.5 Å². The Hall–Kier alpha value is -4.98. The van der Waals surface area contributed by atoms with E-state index in [2.05, 4.69) is 44.3 Å². The average Bonchev–Trinajstić information content (AvgIpc) is 3.38. The van der Waals surface area contributed by atoms with Crippen LogP contribution in [0.25, 0.3) is 11.1 Å². The van der Waals surface area contributed by atoms with Gasteiger partial charge < -0.3 is 24.4 Å². The number of ether oxygens (including phenoxy) is 3. The monoisotopic (exact) mass is 606 g/mol. The van der Waals surface area contributed by atoms with Crippen molar-refractivity contribution in [3.05, 3.63) is 150 Å². The zero-order valence-electron chi connectivity index (χ0n) is 25.5. The van der Waals surface area contributed by atoms with Crippen LogP contribution in [0.5, 0.6) is 5.75 Å². The Morgan fingerprint density at radius 3 is 2.00 bits per heavy atom. The van der Waals surface area contributed by atoms with Crippen LogP contribution in [0.2, 0.25) is 0 Å². The summed E-state index contributed by atoms with van der Waals surface area (Å²) in [6.45, 7) is 10.4. The number of fused-ring (bicyclic) bond motifs is 3. The van der Waals surface area contributed by atoms with Crippen LogP contribution < -0.4 is 4.74 Å². The van der Waals surface area contributed by atoms with Gasteiger partial charge in [0.05, 0.1) is 11.2 Å². The summed E-state index contributed by atoms with van der Waals surface area (Å²) < 4.78 is 16.4. The topological polar surface area (TPSA) is 102 Å². The molecule has 2 unspecified atom stereocenters. The van der Waals surface area contributed by atoms with Crippen molar-refractivity contribution in [2.24, 2.45) is 0 Å². The van der Waals surface area contributed by atoms with E-state index in [-0.39, 0.29) is 25.6 Å². The van der Waals surface area contributed by atoms with Gasteiger partial charge in [0.25, 0.3) is 0 Å². The summed E-state index contributed by atoms with van der Waals surface area (Å²) in [5.41, 5.74) is 6.06. The van der Waals surface area contributed by atoms with Crippen LogP contribution in [0.3, 0.4) is 0 Å². The lowest BCUT2D eigenvalue weighted by Crippen LogP contribution is -2.28. The minimum atomic E-state index is -0.977. The molecular weight excluding hydrogens is 568 g/mol. The summed E-state index contributed by atoms with van der Waals surface area (Å²) in [6.07, 6.45) is 6.83. The Morgan fingerprint density at radius 1 is 0.800 bits per heavy atom. The molecule has 2 atom stereocenters. The molecule has 0 saturated carbocycles. The number of aliphatic hydroxyl groups is 2. The molecule has 4 rings (SSSR count). The van der Waals surface area contributed by atoms with E-state index in [1.54, 1.807) is 6.92 Å². The van der Waals surface area contributed by atoms with Gasteiger partial charge in [0.1, 0.15) is 37.8 Å². The summed E-state index contributed by atoms with van der Waals surface area (Å²) in [5, 5.41) is 20.3. The number of benzene rings is 3. The molecule has 0 heterocycles. The second kappa shape index (κ2) is 15.1. The minimum absolute atomic E-state index is 0.00847. The maximum absolute atomic E-state index is 11.4. The normalized spacial score (nSPS) is 15.0. The van der Waals surface area contributed by atoms with Gasteiger partial charge >= 0.3 is 5.97 Å². The first kappa shape index (κ1) is 32.9. The Morgan fingerprint density at radius 2 is 1.40 bits per heavy atom. The average molecular weight is 607 g/mol. The van der Waals surface area contributed by atoms with Crippen molar-refractivity contribution in [2.75, 3.05) is 19.8 Å².